The van der Waals surface area contributed by atoms with E-state index >= 15 is 0 Å². The Hall–Kier alpha value is -1.68. The van der Waals surface area contributed by atoms with Crippen LogP contribution >= 0.6 is 0 Å². The molecular weight excluding hydrogens is 357 g/mol. The van der Waals surface area contributed by atoms with Gasteiger partial charge >= 0.3 is 0 Å². The zero-order chi connectivity index (χ0) is 13.1. The van der Waals surface area contributed by atoms with E-state index in [0.29, 0.717) is 0 Å². The van der Waals surface area contributed by atoms with Crippen molar-refractivity contribution in [2.24, 2.45) is 7.05 Å². The van der Waals surface area contributed by atoms with Crippen molar-refractivity contribution in [2.45, 2.75) is 0 Å². The monoisotopic (exact) mass is 373 g/mol. The second-order valence-corrected chi connectivity index (χ2v) is 4.68. The van der Waals surface area contributed by atoms with Gasteiger partial charge in [-0.05, 0) is 34.5 Å². The first kappa shape index (κ1) is 14.7. The third-order valence-corrected chi connectivity index (χ3v) is 3.32. The predicted molar refractivity (Wildman–Crippen MR) is 80.5 cm³/mol. The molecule has 0 aliphatic heterocycles. The van der Waals surface area contributed by atoms with E-state index < -0.39 is 0 Å². The van der Waals surface area contributed by atoms with Crippen LogP contribution in [0.3, 0.4) is 0 Å². The van der Waals surface area contributed by atoms with Crippen molar-refractivity contribution in [3.05, 3.63) is 78.1 Å². The Morgan fingerprint density at radius 1 is 0.800 bits per heavy atom. The molecule has 0 radical (unpaired) electrons. The first-order chi connectivity index (χ1) is 9.33. The van der Waals surface area contributed by atoms with E-state index in [4.69, 9.17) is 0 Å². The number of hydrogen-bond acceptors (Lipinski definition) is 0. The van der Waals surface area contributed by atoms with Crippen molar-refractivity contribution in [1.29, 1.82) is 0 Å². The third kappa shape index (κ3) is 3.25. The van der Waals surface area contributed by atoms with Gasteiger partial charge in [0, 0.05) is 18.2 Å². The van der Waals surface area contributed by atoms with E-state index in [1.807, 2.05) is 6.07 Å². The second kappa shape index (κ2) is 6.66. The summed E-state index contributed by atoms with van der Waals surface area (Å²) in [6, 6.07) is 21.2. The average Bonchev–Trinajstić information content (AvgIpc) is 2.46. The van der Waals surface area contributed by atoms with Gasteiger partial charge < -0.3 is 24.0 Å². The van der Waals surface area contributed by atoms with Crippen LogP contribution < -0.4 is 28.5 Å². The lowest BCUT2D eigenvalue weighted by molar-refractivity contribution is -0.673. The smallest absolute Gasteiger partial charge is 0.204 e. The Balaban J connectivity index is 0.00000147. The van der Waals surface area contributed by atoms with Crippen LogP contribution in [0.4, 0.5) is 0 Å². The Morgan fingerprint density at radius 2 is 1.55 bits per heavy atom. The SMILES string of the molecule is C[n+]1ccccc1/C=C/c1ccc2ccccc2c1.[I-]. The number of hydrogen-bond donors (Lipinski definition) is 0. The number of fused-ring (bicyclic) bond motifs is 1. The summed E-state index contributed by atoms with van der Waals surface area (Å²) in [5.41, 5.74) is 2.42. The number of aryl methyl sites for hydroxylation is 1. The van der Waals surface area contributed by atoms with Gasteiger partial charge in [0.05, 0.1) is 0 Å². The molecule has 0 N–H and O–H groups in total. The van der Waals surface area contributed by atoms with Crippen molar-refractivity contribution in [3.63, 3.8) is 0 Å². The minimum Gasteiger partial charge on any atom is -1.00 e. The predicted octanol–water partition coefficient (Wildman–Crippen LogP) is 0.839. The van der Waals surface area contributed by atoms with Gasteiger partial charge in [0.25, 0.3) is 0 Å². The lowest BCUT2D eigenvalue weighted by atomic mass is 10.1. The molecule has 2 heteroatoms. The molecule has 1 nitrogen and oxygen atoms in total. The number of aromatic nitrogens is 1. The van der Waals surface area contributed by atoms with E-state index in [1.54, 1.807) is 0 Å². The summed E-state index contributed by atoms with van der Waals surface area (Å²) in [7, 11) is 2.06. The minimum absolute atomic E-state index is 0. The number of nitrogens with zero attached hydrogens (tertiary/aromatic N) is 1. The Labute approximate surface area is 136 Å². The van der Waals surface area contributed by atoms with E-state index in [2.05, 4.69) is 84.6 Å². The van der Waals surface area contributed by atoms with Crippen LogP contribution in [0.15, 0.2) is 66.9 Å². The fourth-order valence-electron chi connectivity index (χ4n) is 2.20. The third-order valence-electron chi connectivity index (χ3n) is 3.32. The number of benzene rings is 2. The number of pyridine rings is 1. The first-order valence-electron chi connectivity index (χ1n) is 6.44. The van der Waals surface area contributed by atoms with E-state index in [9.17, 15) is 0 Å². The van der Waals surface area contributed by atoms with Crippen molar-refractivity contribution in [3.8, 4) is 0 Å². The van der Waals surface area contributed by atoms with Crippen molar-refractivity contribution in [1.82, 2.24) is 0 Å². The van der Waals surface area contributed by atoms with Gasteiger partial charge in [-0.15, -0.1) is 0 Å². The normalized spacial score (nSPS) is 10.7. The molecule has 0 bridgehead atoms. The molecule has 0 amide bonds. The maximum absolute atomic E-state index is 2.22. The van der Waals surface area contributed by atoms with E-state index in [-0.39, 0.29) is 24.0 Å². The molecular formula is C18H16IN. The summed E-state index contributed by atoms with van der Waals surface area (Å²) in [6.45, 7) is 0. The second-order valence-electron chi connectivity index (χ2n) is 4.68. The molecule has 0 saturated heterocycles. The van der Waals surface area contributed by atoms with Gasteiger partial charge in [0.2, 0.25) is 5.69 Å². The molecule has 20 heavy (non-hydrogen) atoms. The summed E-state index contributed by atoms with van der Waals surface area (Å²) >= 11 is 0. The molecule has 3 aromatic rings. The van der Waals surface area contributed by atoms with Crippen LogP contribution in [0.1, 0.15) is 11.3 Å². The number of halogens is 1. The summed E-state index contributed by atoms with van der Waals surface area (Å²) in [5.74, 6) is 0. The van der Waals surface area contributed by atoms with Crippen LogP contribution in [0.2, 0.25) is 0 Å². The average molecular weight is 373 g/mol. The lowest BCUT2D eigenvalue weighted by Gasteiger charge is -1.99. The standard InChI is InChI=1S/C18H16N.HI/c1-19-13-5-4-8-18(19)12-10-15-9-11-16-6-2-3-7-17(16)14-15;/h2-14H,1H3;1H/q+1;/p-1/b12-10+;. The van der Waals surface area contributed by atoms with Gasteiger partial charge in [-0.1, -0.05) is 36.4 Å². The minimum atomic E-state index is 0. The van der Waals surface area contributed by atoms with Crippen molar-refractivity contribution < 1.29 is 28.5 Å². The van der Waals surface area contributed by atoms with Crippen LogP contribution in [0.25, 0.3) is 22.9 Å². The quantitative estimate of drug-likeness (QED) is 0.463. The molecule has 100 valence electrons. The maximum atomic E-state index is 2.22. The van der Waals surface area contributed by atoms with Crippen molar-refractivity contribution >= 4 is 22.9 Å². The molecule has 0 aliphatic rings. The highest BCUT2D eigenvalue weighted by atomic mass is 127. The summed E-state index contributed by atoms with van der Waals surface area (Å²) in [6.07, 6.45) is 6.35. The Kier molecular flexibility index (Phi) is 4.90. The van der Waals surface area contributed by atoms with E-state index in [1.165, 1.54) is 22.0 Å². The maximum Gasteiger partial charge on any atom is 0.204 e. The molecule has 0 atom stereocenters. The van der Waals surface area contributed by atoms with Crippen LogP contribution in [-0.2, 0) is 7.05 Å². The van der Waals surface area contributed by atoms with Crippen LogP contribution in [0.5, 0.6) is 0 Å². The van der Waals surface area contributed by atoms with Gasteiger partial charge in [-0.3, -0.25) is 0 Å². The van der Waals surface area contributed by atoms with Gasteiger partial charge in [0.15, 0.2) is 6.20 Å². The molecule has 0 fully saturated rings. The molecule has 1 heterocycles. The topological polar surface area (TPSA) is 3.88 Å². The van der Waals surface area contributed by atoms with Gasteiger partial charge in [0.1, 0.15) is 7.05 Å². The zero-order valence-corrected chi connectivity index (χ0v) is 13.5. The summed E-state index contributed by atoms with van der Waals surface area (Å²) in [4.78, 5) is 0. The fraction of sp³-hybridized carbons (Fsp3) is 0.0556. The molecule has 0 spiro atoms. The Morgan fingerprint density at radius 3 is 2.35 bits per heavy atom. The zero-order valence-electron chi connectivity index (χ0n) is 11.3. The molecule has 3 rings (SSSR count). The molecule has 0 unspecified atom stereocenters. The largest absolute Gasteiger partial charge is 1.00 e. The van der Waals surface area contributed by atoms with Gasteiger partial charge in [-0.25, -0.2) is 4.57 Å². The first-order valence-corrected chi connectivity index (χ1v) is 6.44. The number of rotatable bonds is 2. The molecule has 2 aromatic carbocycles. The highest BCUT2D eigenvalue weighted by Gasteiger charge is 1.99. The molecule has 0 aliphatic carbocycles. The summed E-state index contributed by atoms with van der Waals surface area (Å²) < 4.78 is 2.11. The Bertz CT molecular complexity index is 747. The van der Waals surface area contributed by atoms with Crippen molar-refractivity contribution in [2.75, 3.05) is 0 Å². The van der Waals surface area contributed by atoms with E-state index in [0.717, 1.165) is 0 Å². The highest BCUT2D eigenvalue weighted by Crippen LogP contribution is 2.16. The van der Waals surface area contributed by atoms with Crippen LogP contribution in [0, 0.1) is 0 Å². The lowest BCUT2D eigenvalue weighted by Crippen LogP contribution is -3.00. The molecule has 0 saturated carbocycles. The fourth-order valence-corrected chi connectivity index (χ4v) is 2.20. The highest BCUT2D eigenvalue weighted by molar-refractivity contribution is 5.85. The molecule has 1 aromatic heterocycles. The van der Waals surface area contributed by atoms with Gasteiger partial charge in [-0.2, -0.15) is 0 Å². The summed E-state index contributed by atoms with van der Waals surface area (Å²) in [5, 5.41) is 2.56. The van der Waals surface area contributed by atoms with Crippen LogP contribution in [-0.4, -0.2) is 0 Å².